The maximum Gasteiger partial charge on any atom is 0.194 e. The van der Waals surface area contributed by atoms with Gasteiger partial charge in [-0.1, -0.05) is 0 Å². The number of aromatic nitrogens is 2. The molecule has 0 bridgehead atoms. The normalized spacial score (nSPS) is 19.9. The van der Waals surface area contributed by atoms with E-state index in [1.807, 2.05) is 0 Å². The molecular formula is C27H25N3O7. The van der Waals surface area contributed by atoms with Crippen molar-refractivity contribution in [1.29, 1.82) is 0 Å². The molecule has 0 amide bonds. The predicted octanol–water partition coefficient (Wildman–Crippen LogP) is 3.70. The number of fused-ring (bicyclic) bond motifs is 4. The van der Waals surface area contributed by atoms with Gasteiger partial charge in [0.1, 0.15) is 46.4 Å². The Morgan fingerprint density at radius 3 is 2.62 bits per heavy atom. The van der Waals surface area contributed by atoms with E-state index in [9.17, 15) is 24.6 Å². The molecule has 0 saturated heterocycles. The van der Waals surface area contributed by atoms with Gasteiger partial charge in [-0.3, -0.25) is 14.4 Å². The Morgan fingerprint density at radius 1 is 1.22 bits per heavy atom. The van der Waals surface area contributed by atoms with E-state index in [2.05, 4.69) is 15.3 Å². The fourth-order valence-corrected chi connectivity index (χ4v) is 4.99. The minimum absolute atomic E-state index is 0.0126. The van der Waals surface area contributed by atoms with Gasteiger partial charge in [0, 0.05) is 30.1 Å². The van der Waals surface area contributed by atoms with Gasteiger partial charge in [-0.15, -0.1) is 0 Å². The highest BCUT2D eigenvalue weighted by Crippen LogP contribution is 2.57. The number of rotatable bonds is 5. The Bertz CT molecular complexity index is 1610. The summed E-state index contributed by atoms with van der Waals surface area (Å²) in [5.74, 6) is -1.94. The summed E-state index contributed by atoms with van der Waals surface area (Å²) < 4.78 is 10.9. The van der Waals surface area contributed by atoms with Crippen LogP contribution in [-0.4, -0.2) is 44.6 Å². The van der Waals surface area contributed by atoms with Gasteiger partial charge >= 0.3 is 0 Å². The summed E-state index contributed by atoms with van der Waals surface area (Å²) in [5.41, 5.74) is 0.672. The first-order chi connectivity index (χ1) is 17.5. The molecule has 37 heavy (non-hydrogen) atoms. The van der Waals surface area contributed by atoms with Crippen LogP contribution in [0.15, 0.2) is 41.3 Å². The summed E-state index contributed by atoms with van der Waals surface area (Å²) in [5, 5.41) is 24.5. The molecule has 1 aliphatic heterocycles. The fourth-order valence-electron chi connectivity index (χ4n) is 4.99. The van der Waals surface area contributed by atoms with E-state index in [0.717, 1.165) is 11.0 Å². The molecule has 4 N–H and O–H groups in total. The third-order valence-electron chi connectivity index (χ3n) is 6.90. The lowest BCUT2D eigenvalue weighted by Gasteiger charge is -2.29. The number of hydrogen-bond donors (Lipinski definition) is 4. The SMILES string of the molecule is COCc1nc2ccc(NC(C)=C3C(=O)C=C4Oc5c(C(C)=O)c(O)c(C)c(O)c5[C@@]4(C)C3=O)cc2[nH]1. The van der Waals surface area contributed by atoms with Crippen molar-refractivity contribution in [3.63, 3.8) is 0 Å². The first-order valence-corrected chi connectivity index (χ1v) is 11.5. The van der Waals surface area contributed by atoms with E-state index < -0.39 is 28.5 Å². The Kier molecular flexibility index (Phi) is 5.45. The number of anilines is 1. The zero-order valence-corrected chi connectivity index (χ0v) is 20.9. The van der Waals surface area contributed by atoms with Gasteiger partial charge in [0.25, 0.3) is 0 Å². The minimum Gasteiger partial charge on any atom is -0.507 e. The summed E-state index contributed by atoms with van der Waals surface area (Å²) in [7, 11) is 1.58. The van der Waals surface area contributed by atoms with Gasteiger partial charge in [-0.2, -0.15) is 0 Å². The molecule has 1 aliphatic carbocycles. The number of aromatic amines is 1. The lowest BCUT2D eigenvalue weighted by Crippen LogP contribution is -2.40. The van der Waals surface area contributed by atoms with Crippen LogP contribution in [0.25, 0.3) is 11.0 Å². The lowest BCUT2D eigenvalue weighted by molar-refractivity contribution is -0.123. The summed E-state index contributed by atoms with van der Waals surface area (Å²) in [6.07, 6.45) is 1.19. The largest absolute Gasteiger partial charge is 0.507 e. The van der Waals surface area contributed by atoms with Crippen LogP contribution in [0.3, 0.4) is 0 Å². The fraction of sp³-hybridized carbons (Fsp3) is 0.259. The number of nitrogens with one attached hydrogen (secondary N) is 2. The van der Waals surface area contributed by atoms with Crippen molar-refractivity contribution in [3.05, 3.63) is 63.8 Å². The van der Waals surface area contributed by atoms with Gasteiger partial charge in [0.2, 0.25) is 0 Å². The quantitative estimate of drug-likeness (QED) is 0.232. The van der Waals surface area contributed by atoms with E-state index in [0.29, 0.717) is 23.8 Å². The molecular weight excluding hydrogens is 478 g/mol. The number of aromatic hydroxyl groups is 2. The number of imidazole rings is 1. The summed E-state index contributed by atoms with van der Waals surface area (Å²) in [6.45, 7) is 6.15. The molecule has 0 saturated carbocycles. The van der Waals surface area contributed by atoms with Crippen LogP contribution in [0.1, 0.15) is 48.1 Å². The van der Waals surface area contributed by atoms with Crippen LogP contribution >= 0.6 is 0 Å². The Morgan fingerprint density at radius 2 is 1.95 bits per heavy atom. The summed E-state index contributed by atoms with van der Waals surface area (Å²) >= 11 is 0. The van der Waals surface area contributed by atoms with E-state index in [4.69, 9.17) is 9.47 Å². The molecule has 10 heteroatoms. The number of nitrogens with zero attached hydrogens (tertiary/aromatic N) is 1. The van der Waals surface area contributed by atoms with Crippen LogP contribution in [0.2, 0.25) is 0 Å². The molecule has 10 nitrogen and oxygen atoms in total. The van der Waals surface area contributed by atoms with Crippen LogP contribution < -0.4 is 10.1 Å². The van der Waals surface area contributed by atoms with E-state index >= 15 is 0 Å². The zero-order chi connectivity index (χ0) is 26.8. The van der Waals surface area contributed by atoms with Crippen molar-refractivity contribution in [2.24, 2.45) is 0 Å². The molecule has 2 aromatic carbocycles. The summed E-state index contributed by atoms with van der Waals surface area (Å²) in [4.78, 5) is 46.9. The molecule has 190 valence electrons. The van der Waals surface area contributed by atoms with Gasteiger partial charge in [0.15, 0.2) is 17.3 Å². The molecule has 3 aromatic rings. The second kappa shape index (κ2) is 8.31. The topological polar surface area (TPSA) is 151 Å². The average molecular weight is 504 g/mol. The Hall–Kier alpha value is -4.44. The van der Waals surface area contributed by atoms with Crippen LogP contribution in [0, 0.1) is 6.92 Å². The minimum atomic E-state index is -1.57. The second-order valence-corrected chi connectivity index (χ2v) is 9.36. The highest BCUT2D eigenvalue weighted by molar-refractivity contribution is 6.31. The lowest BCUT2D eigenvalue weighted by atomic mass is 9.70. The van der Waals surface area contributed by atoms with Crippen LogP contribution in [0.4, 0.5) is 5.69 Å². The van der Waals surface area contributed by atoms with Gasteiger partial charge in [-0.25, -0.2) is 4.98 Å². The number of methoxy groups -OCH3 is 1. The number of H-pyrrole nitrogens is 1. The Balaban J connectivity index is 1.60. The second-order valence-electron chi connectivity index (χ2n) is 9.36. The van der Waals surface area contributed by atoms with Gasteiger partial charge in [-0.05, 0) is 45.9 Å². The third kappa shape index (κ3) is 3.44. The number of carbonyl (C=O) groups excluding carboxylic acids is 3. The average Bonchev–Trinajstić information content (AvgIpc) is 3.36. The number of ether oxygens (including phenoxy) is 2. The monoisotopic (exact) mass is 503 g/mol. The summed E-state index contributed by atoms with van der Waals surface area (Å²) in [6, 6.07) is 5.37. The highest BCUT2D eigenvalue weighted by atomic mass is 16.5. The molecule has 2 aliphatic rings. The maximum absolute atomic E-state index is 13.9. The van der Waals surface area contributed by atoms with Crippen molar-refractivity contribution >= 4 is 34.1 Å². The highest BCUT2D eigenvalue weighted by Gasteiger charge is 2.56. The number of phenols is 2. The zero-order valence-electron chi connectivity index (χ0n) is 20.9. The number of carbonyl (C=O) groups is 3. The standard InChI is InChI=1S/C27H25N3O7/c1-11-23(33)21(13(3)31)25-22(24(11)34)27(4)18(37-25)9-17(32)20(26(27)35)12(2)28-14-6-7-15-16(8-14)30-19(29-15)10-36-5/h6-9,28,33-34H,10H2,1-5H3,(H,29,30)/t27-/m0/s1. The van der Waals surface area contributed by atoms with Crippen molar-refractivity contribution in [2.45, 2.75) is 39.7 Å². The molecule has 1 atom stereocenters. The predicted molar refractivity (Wildman–Crippen MR) is 134 cm³/mol. The molecule has 0 radical (unpaired) electrons. The van der Waals surface area contributed by atoms with Crippen LogP contribution in [0.5, 0.6) is 17.2 Å². The third-order valence-corrected chi connectivity index (χ3v) is 6.90. The smallest absolute Gasteiger partial charge is 0.194 e. The molecule has 0 spiro atoms. The van der Waals surface area contributed by atoms with E-state index in [1.54, 1.807) is 32.2 Å². The first-order valence-electron chi connectivity index (χ1n) is 11.5. The van der Waals surface area contributed by atoms with Crippen molar-refractivity contribution in [2.75, 3.05) is 12.4 Å². The van der Waals surface area contributed by atoms with Crippen LogP contribution in [-0.2, 0) is 26.3 Å². The number of benzene rings is 2. The Labute approximate surface area is 211 Å². The maximum atomic E-state index is 13.9. The van der Waals surface area contributed by atoms with E-state index in [1.165, 1.54) is 26.8 Å². The van der Waals surface area contributed by atoms with Gasteiger partial charge < -0.3 is 30.0 Å². The molecule has 0 fully saturated rings. The van der Waals surface area contributed by atoms with Crippen molar-refractivity contribution in [1.82, 2.24) is 9.97 Å². The van der Waals surface area contributed by atoms with Crippen molar-refractivity contribution < 1.29 is 34.1 Å². The molecule has 2 heterocycles. The van der Waals surface area contributed by atoms with Gasteiger partial charge in [0.05, 0.1) is 22.2 Å². The number of hydrogen-bond acceptors (Lipinski definition) is 9. The van der Waals surface area contributed by atoms with E-state index in [-0.39, 0.29) is 39.5 Å². The molecule has 5 rings (SSSR count). The molecule has 1 aromatic heterocycles. The van der Waals surface area contributed by atoms with Crippen molar-refractivity contribution in [3.8, 4) is 17.2 Å². The first kappa shape index (κ1) is 24.3. The number of ketones is 3. The number of allylic oxidation sites excluding steroid dienone is 4. The number of phenolic OH excluding ortho intramolecular Hbond substituents is 2. The number of Topliss-reactive ketones (excluding diaryl/α,β-unsaturated/α-hetero) is 2. The molecule has 0 unspecified atom stereocenters.